The predicted molar refractivity (Wildman–Crippen MR) is 81.1 cm³/mol. The molecule has 2 N–H and O–H groups in total. The van der Waals surface area contributed by atoms with Crippen molar-refractivity contribution in [3.8, 4) is 0 Å². The lowest BCUT2D eigenvalue weighted by Crippen LogP contribution is -2.31. The van der Waals surface area contributed by atoms with Gasteiger partial charge in [-0.05, 0) is 44.5 Å². The second-order valence-corrected chi connectivity index (χ2v) is 5.06. The first kappa shape index (κ1) is 13.4. The second-order valence-electron chi connectivity index (χ2n) is 5.06. The molecule has 100 valence electrons. The summed E-state index contributed by atoms with van der Waals surface area (Å²) in [6.07, 6.45) is 0. The van der Waals surface area contributed by atoms with E-state index in [2.05, 4.69) is 29.8 Å². The largest absolute Gasteiger partial charge is 0.398 e. The number of nitrogens with two attached hydrogens (primary N) is 1. The zero-order chi connectivity index (χ0) is 13.8. The Kier molecular flexibility index (Phi) is 4.05. The van der Waals surface area contributed by atoms with E-state index in [1.165, 1.54) is 0 Å². The maximum Gasteiger partial charge on any atom is 0.129 e. The van der Waals surface area contributed by atoms with Gasteiger partial charge < -0.3 is 10.6 Å². The molecule has 1 heterocycles. The van der Waals surface area contributed by atoms with Gasteiger partial charge in [-0.15, -0.1) is 0 Å². The van der Waals surface area contributed by atoms with E-state index >= 15 is 0 Å². The molecule has 1 aromatic heterocycles. The smallest absolute Gasteiger partial charge is 0.129 e. The van der Waals surface area contributed by atoms with Crippen molar-refractivity contribution in [1.82, 2.24) is 4.98 Å². The minimum Gasteiger partial charge on any atom is -0.398 e. The lowest BCUT2D eigenvalue weighted by molar-refractivity contribution is 0.672. The van der Waals surface area contributed by atoms with Gasteiger partial charge in [-0.25, -0.2) is 4.98 Å². The van der Waals surface area contributed by atoms with E-state index in [4.69, 9.17) is 5.73 Å². The highest BCUT2D eigenvalue weighted by Gasteiger charge is 2.13. The van der Waals surface area contributed by atoms with Crippen LogP contribution in [0.4, 0.5) is 11.5 Å². The molecule has 0 aliphatic heterocycles. The van der Waals surface area contributed by atoms with Gasteiger partial charge >= 0.3 is 0 Å². The summed E-state index contributed by atoms with van der Waals surface area (Å²) in [5, 5.41) is 0. The molecule has 3 heteroatoms. The van der Waals surface area contributed by atoms with E-state index < -0.39 is 0 Å². The van der Waals surface area contributed by atoms with Crippen LogP contribution < -0.4 is 10.6 Å². The molecule has 0 atom stereocenters. The van der Waals surface area contributed by atoms with Crippen LogP contribution in [0.3, 0.4) is 0 Å². The van der Waals surface area contributed by atoms with E-state index in [9.17, 15) is 0 Å². The molecule has 0 saturated heterocycles. The minimum atomic E-state index is 0.369. The molecule has 0 unspecified atom stereocenters. The quantitative estimate of drug-likeness (QED) is 0.851. The van der Waals surface area contributed by atoms with Crippen molar-refractivity contribution in [2.24, 2.45) is 0 Å². The zero-order valence-electron chi connectivity index (χ0n) is 11.8. The van der Waals surface area contributed by atoms with Crippen molar-refractivity contribution in [2.45, 2.75) is 33.4 Å². The first-order valence-electron chi connectivity index (χ1n) is 6.61. The summed E-state index contributed by atoms with van der Waals surface area (Å²) in [6, 6.07) is 14.5. The molecule has 1 aromatic carbocycles. The summed E-state index contributed by atoms with van der Waals surface area (Å²) in [5.41, 5.74) is 9.03. The van der Waals surface area contributed by atoms with Crippen LogP contribution in [-0.2, 0) is 6.54 Å². The molecule has 2 rings (SSSR count). The highest BCUT2D eigenvalue weighted by Crippen LogP contribution is 2.20. The summed E-state index contributed by atoms with van der Waals surface area (Å²) in [7, 11) is 0. The number of anilines is 2. The number of rotatable bonds is 4. The number of benzene rings is 1. The molecule has 0 aliphatic rings. The van der Waals surface area contributed by atoms with E-state index in [0.29, 0.717) is 6.04 Å². The van der Waals surface area contributed by atoms with Crippen LogP contribution in [-0.4, -0.2) is 11.0 Å². The standard InChI is InChI=1S/C16H21N3/c1-12(2)19(16-10-6-7-13(3)18-16)11-14-8-4-5-9-15(14)17/h4-10,12H,11,17H2,1-3H3. The second kappa shape index (κ2) is 5.74. The number of nitrogen functional groups attached to an aromatic ring is 1. The third kappa shape index (κ3) is 3.25. The molecule has 0 bridgehead atoms. The Hall–Kier alpha value is -2.03. The highest BCUT2D eigenvalue weighted by molar-refractivity contribution is 5.50. The van der Waals surface area contributed by atoms with Crippen molar-refractivity contribution >= 4 is 11.5 Å². The molecule has 19 heavy (non-hydrogen) atoms. The lowest BCUT2D eigenvalue weighted by Gasteiger charge is -2.28. The predicted octanol–water partition coefficient (Wildman–Crippen LogP) is 3.39. The Labute approximate surface area is 115 Å². The summed E-state index contributed by atoms with van der Waals surface area (Å²) >= 11 is 0. The molecule has 0 amide bonds. The Morgan fingerprint density at radius 1 is 1.11 bits per heavy atom. The van der Waals surface area contributed by atoms with Crippen LogP contribution in [0.15, 0.2) is 42.5 Å². The third-order valence-electron chi connectivity index (χ3n) is 3.19. The number of nitrogens with zero attached hydrogens (tertiary/aromatic N) is 2. The Morgan fingerprint density at radius 2 is 1.84 bits per heavy atom. The fourth-order valence-corrected chi connectivity index (χ4v) is 2.08. The fraction of sp³-hybridized carbons (Fsp3) is 0.312. The summed E-state index contributed by atoms with van der Waals surface area (Å²) in [5.74, 6) is 0.998. The Morgan fingerprint density at radius 3 is 2.47 bits per heavy atom. The van der Waals surface area contributed by atoms with Crippen LogP contribution in [0.1, 0.15) is 25.1 Å². The monoisotopic (exact) mass is 255 g/mol. The topological polar surface area (TPSA) is 42.1 Å². The van der Waals surface area contributed by atoms with Crippen molar-refractivity contribution in [3.63, 3.8) is 0 Å². The number of para-hydroxylation sites is 1. The molecule has 2 aromatic rings. The number of hydrogen-bond acceptors (Lipinski definition) is 3. The van der Waals surface area contributed by atoms with Crippen LogP contribution in [0.5, 0.6) is 0 Å². The van der Waals surface area contributed by atoms with E-state index in [0.717, 1.165) is 29.3 Å². The van der Waals surface area contributed by atoms with Gasteiger partial charge in [0.25, 0.3) is 0 Å². The van der Waals surface area contributed by atoms with Gasteiger partial charge in [-0.1, -0.05) is 24.3 Å². The van der Waals surface area contributed by atoms with E-state index in [1.54, 1.807) is 0 Å². The molecule has 0 radical (unpaired) electrons. The van der Waals surface area contributed by atoms with E-state index in [-0.39, 0.29) is 0 Å². The zero-order valence-corrected chi connectivity index (χ0v) is 11.8. The van der Waals surface area contributed by atoms with Crippen molar-refractivity contribution in [2.75, 3.05) is 10.6 Å². The molecule has 0 aliphatic carbocycles. The number of pyridine rings is 1. The first-order valence-corrected chi connectivity index (χ1v) is 6.61. The number of hydrogen-bond donors (Lipinski definition) is 1. The molecular weight excluding hydrogens is 234 g/mol. The van der Waals surface area contributed by atoms with Crippen LogP contribution in [0.2, 0.25) is 0 Å². The molecule has 0 spiro atoms. The number of aromatic nitrogens is 1. The van der Waals surface area contributed by atoms with Gasteiger partial charge in [-0.2, -0.15) is 0 Å². The molecule has 0 saturated carbocycles. The van der Waals surface area contributed by atoms with Gasteiger partial charge in [0.05, 0.1) is 0 Å². The average Bonchev–Trinajstić information content (AvgIpc) is 2.37. The molecule has 0 fully saturated rings. The Bertz CT molecular complexity index is 549. The lowest BCUT2D eigenvalue weighted by atomic mass is 10.1. The van der Waals surface area contributed by atoms with Gasteiger partial charge in [0.2, 0.25) is 0 Å². The Balaban J connectivity index is 2.29. The van der Waals surface area contributed by atoms with Gasteiger partial charge in [0.1, 0.15) is 5.82 Å². The van der Waals surface area contributed by atoms with Crippen LogP contribution >= 0.6 is 0 Å². The van der Waals surface area contributed by atoms with Gasteiger partial charge in [-0.3, -0.25) is 0 Å². The van der Waals surface area contributed by atoms with Crippen molar-refractivity contribution < 1.29 is 0 Å². The normalized spacial score (nSPS) is 10.7. The van der Waals surface area contributed by atoms with Crippen LogP contribution in [0, 0.1) is 6.92 Å². The summed E-state index contributed by atoms with van der Waals surface area (Å²) < 4.78 is 0. The van der Waals surface area contributed by atoms with Crippen LogP contribution in [0.25, 0.3) is 0 Å². The maximum absolute atomic E-state index is 6.03. The SMILES string of the molecule is Cc1cccc(N(Cc2ccccc2N)C(C)C)n1. The summed E-state index contributed by atoms with van der Waals surface area (Å²) in [4.78, 5) is 6.87. The number of aryl methyl sites for hydroxylation is 1. The molecule has 3 nitrogen and oxygen atoms in total. The fourth-order valence-electron chi connectivity index (χ4n) is 2.08. The summed E-state index contributed by atoms with van der Waals surface area (Å²) in [6.45, 7) is 7.13. The first-order chi connectivity index (χ1) is 9.08. The van der Waals surface area contributed by atoms with Gasteiger partial charge in [0, 0.05) is 24.0 Å². The van der Waals surface area contributed by atoms with Crippen molar-refractivity contribution in [3.05, 3.63) is 53.7 Å². The van der Waals surface area contributed by atoms with Gasteiger partial charge in [0.15, 0.2) is 0 Å². The molecular formula is C16H21N3. The maximum atomic E-state index is 6.03. The third-order valence-corrected chi connectivity index (χ3v) is 3.19. The minimum absolute atomic E-state index is 0.369. The average molecular weight is 255 g/mol. The van der Waals surface area contributed by atoms with Crippen molar-refractivity contribution in [1.29, 1.82) is 0 Å². The van der Waals surface area contributed by atoms with E-state index in [1.807, 2.05) is 43.3 Å². The highest BCUT2D eigenvalue weighted by atomic mass is 15.2.